The van der Waals surface area contributed by atoms with Crippen molar-refractivity contribution in [3.05, 3.63) is 98.5 Å². The van der Waals surface area contributed by atoms with Gasteiger partial charge < -0.3 is 15.0 Å². The van der Waals surface area contributed by atoms with E-state index in [-0.39, 0.29) is 31.0 Å². The first-order valence-electron chi connectivity index (χ1n) is 12.1. The van der Waals surface area contributed by atoms with Gasteiger partial charge in [0.05, 0.1) is 0 Å². The number of carbonyl (C=O) groups is 2. The molecule has 0 radical (unpaired) electrons. The Morgan fingerprint density at radius 1 is 0.946 bits per heavy atom. The minimum atomic E-state index is -0.813. The molecule has 0 saturated carbocycles. The number of ether oxygens (including phenoxy) is 1. The van der Waals surface area contributed by atoms with Crippen LogP contribution in [-0.2, 0) is 22.6 Å². The molecule has 0 aliphatic rings. The van der Waals surface area contributed by atoms with Gasteiger partial charge in [0.1, 0.15) is 11.8 Å². The highest BCUT2D eigenvalue weighted by atomic mass is 35.5. The summed E-state index contributed by atoms with van der Waals surface area (Å²) in [7, 11) is 0. The van der Waals surface area contributed by atoms with E-state index >= 15 is 0 Å². The molecular weight excluding hydrogens is 531 g/mol. The van der Waals surface area contributed by atoms with E-state index in [0.29, 0.717) is 32.8 Å². The summed E-state index contributed by atoms with van der Waals surface area (Å²) in [5, 5.41) is 4.48. The Hall–Kier alpha value is -2.73. The van der Waals surface area contributed by atoms with E-state index in [1.807, 2.05) is 51.1 Å². The quantitative estimate of drug-likeness (QED) is 0.277. The Kier molecular flexibility index (Phi) is 10.7. The molecule has 0 aromatic heterocycles. The summed E-state index contributed by atoms with van der Waals surface area (Å²) >= 11 is 19.1. The summed E-state index contributed by atoms with van der Waals surface area (Å²) in [6.07, 6.45) is 1.07. The summed E-state index contributed by atoms with van der Waals surface area (Å²) in [5.41, 5.74) is 2.32. The molecular formula is C29H31Cl3N2O3. The molecule has 0 bridgehead atoms. The fourth-order valence-electron chi connectivity index (χ4n) is 3.78. The SMILES string of the molecule is CC[C@@H](C)NC(=O)[C@@H](Cc1ccccc1)N(Cc1c(Cl)cccc1Cl)C(=O)COc1ccc(Cl)c(C)c1. The van der Waals surface area contributed by atoms with Crippen molar-refractivity contribution in [2.24, 2.45) is 0 Å². The van der Waals surface area contributed by atoms with Crippen molar-refractivity contribution in [1.82, 2.24) is 10.2 Å². The number of rotatable bonds is 11. The maximum Gasteiger partial charge on any atom is 0.261 e. The molecule has 196 valence electrons. The minimum absolute atomic E-state index is 0.0474. The average Bonchev–Trinajstić information content (AvgIpc) is 2.88. The van der Waals surface area contributed by atoms with E-state index in [9.17, 15) is 9.59 Å². The molecule has 8 heteroatoms. The third-order valence-corrected chi connectivity index (χ3v) is 7.29. The van der Waals surface area contributed by atoms with Gasteiger partial charge in [-0.15, -0.1) is 0 Å². The molecule has 0 aliphatic carbocycles. The average molecular weight is 562 g/mol. The molecule has 0 unspecified atom stereocenters. The van der Waals surface area contributed by atoms with Crippen molar-refractivity contribution in [2.75, 3.05) is 6.61 Å². The molecule has 2 atom stereocenters. The number of benzene rings is 3. The van der Waals surface area contributed by atoms with Gasteiger partial charge in [-0.05, 0) is 61.7 Å². The number of nitrogens with zero attached hydrogens (tertiary/aromatic N) is 1. The lowest BCUT2D eigenvalue weighted by Gasteiger charge is -2.32. The number of hydrogen-bond acceptors (Lipinski definition) is 3. The van der Waals surface area contributed by atoms with Crippen molar-refractivity contribution < 1.29 is 14.3 Å². The molecule has 3 rings (SSSR count). The second kappa shape index (κ2) is 13.7. The van der Waals surface area contributed by atoms with Crippen LogP contribution in [0.1, 0.15) is 37.0 Å². The van der Waals surface area contributed by atoms with Gasteiger partial charge >= 0.3 is 0 Å². The Morgan fingerprint density at radius 2 is 1.62 bits per heavy atom. The van der Waals surface area contributed by atoms with Crippen LogP contribution in [0.5, 0.6) is 5.75 Å². The molecule has 1 N–H and O–H groups in total. The molecule has 2 amide bonds. The Balaban J connectivity index is 1.96. The second-order valence-corrected chi connectivity index (χ2v) is 10.2. The van der Waals surface area contributed by atoms with Crippen molar-refractivity contribution >= 4 is 46.6 Å². The maximum absolute atomic E-state index is 13.7. The monoisotopic (exact) mass is 560 g/mol. The van der Waals surface area contributed by atoms with Crippen LogP contribution in [0.4, 0.5) is 0 Å². The van der Waals surface area contributed by atoms with Crippen molar-refractivity contribution in [2.45, 2.75) is 52.2 Å². The number of nitrogens with one attached hydrogen (secondary N) is 1. The van der Waals surface area contributed by atoms with Crippen LogP contribution in [0.15, 0.2) is 66.7 Å². The predicted octanol–water partition coefficient (Wildman–Crippen LogP) is 6.89. The summed E-state index contributed by atoms with van der Waals surface area (Å²) < 4.78 is 5.82. The molecule has 37 heavy (non-hydrogen) atoms. The molecule has 0 fully saturated rings. The zero-order valence-corrected chi connectivity index (χ0v) is 23.4. The zero-order valence-electron chi connectivity index (χ0n) is 21.1. The highest BCUT2D eigenvalue weighted by Gasteiger charge is 2.32. The fourth-order valence-corrected chi connectivity index (χ4v) is 4.42. The highest BCUT2D eigenvalue weighted by Crippen LogP contribution is 2.28. The molecule has 3 aromatic carbocycles. The van der Waals surface area contributed by atoms with Gasteiger partial charge in [0.2, 0.25) is 5.91 Å². The van der Waals surface area contributed by atoms with Gasteiger partial charge in [-0.3, -0.25) is 9.59 Å². The van der Waals surface area contributed by atoms with Crippen molar-refractivity contribution in [3.63, 3.8) is 0 Å². The van der Waals surface area contributed by atoms with E-state index in [1.165, 1.54) is 4.90 Å². The van der Waals surface area contributed by atoms with Crippen LogP contribution in [0.3, 0.4) is 0 Å². The lowest BCUT2D eigenvalue weighted by Crippen LogP contribution is -2.53. The van der Waals surface area contributed by atoms with Gasteiger partial charge in [0.25, 0.3) is 5.91 Å². The van der Waals surface area contributed by atoms with E-state index in [2.05, 4.69) is 5.32 Å². The second-order valence-electron chi connectivity index (χ2n) is 8.94. The smallest absolute Gasteiger partial charge is 0.261 e. The minimum Gasteiger partial charge on any atom is -0.484 e. The van der Waals surface area contributed by atoms with Gasteiger partial charge in [0, 0.05) is 39.6 Å². The van der Waals surface area contributed by atoms with Crippen LogP contribution >= 0.6 is 34.8 Å². The Morgan fingerprint density at radius 3 is 2.24 bits per heavy atom. The molecule has 0 aliphatic heterocycles. The maximum atomic E-state index is 13.7. The van der Waals surface area contributed by atoms with Crippen LogP contribution < -0.4 is 10.1 Å². The molecule has 3 aromatic rings. The molecule has 0 saturated heterocycles. The molecule has 5 nitrogen and oxygen atoms in total. The number of amides is 2. The Labute approximate surface area is 233 Å². The topological polar surface area (TPSA) is 58.6 Å². The number of hydrogen-bond donors (Lipinski definition) is 1. The number of carbonyl (C=O) groups excluding carboxylic acids is 2. The standard InChI is InChI=1S/C29H31Cl3N2O3/c1-4-20(3)33-29(36)27(16-21-9-6-5-7-10-21)34(17-23-25(31)11-8-12-26(23)32)28(35)18-37-22-13-14-24(30)19(2)15-22/h5-15,20,27H,4,16-18H2,1-3H3,(H,33,36)/t20-,27-/m1/s1. The molecule has 0 spiro atoms. The lowest BCUT2D eigenvalue weighted by molar-refractivity contribution is -0.143. The van der Waals surface area contributed by atoms with Gasteiger partial charge in [0.15, 0.2) is 6.61 Å². The Bertz CT molecular complexity index is 1200. The van der Waals surface area contributed by atoms with Crippen LogP contribution in [-0.4, -0.2) is 35.4 Å². The number of aryl methyl sites for hydroxylation is 1. The van der Waals surface area contributed by atoms with Gasteiger partial charge in [-0.25, -0.2) is 0 Å². The predicted molar refractivity (Wildman–Crippen MR) is 151 cm³/mol. The summed E-state index contributed by atoms with van der Waals surface area (Å²) in [5.74, 6) is -0.115. The lowest BCUT2D eigenvalue weighted by atomic mass is 10.0. The van der Waals surface area contributed by atoms with Gasteiger partial charge in [-0.2, -0.15) is 0 Å². The van der Waals surface area contributed by atoms with Crippen molar-refractivity contribution in [1.29, 1.82) is 0 Å². The summed E-state index contributed by atoms with van der Waals surface area (Å²) in [4.78, 5) is 28.7. The van der Waals surface area contributed by atoms with Crippen LogP contribution in [0, 0.1) is 6.92 Å². The van der Waals surface area contributed by atoms with E-state index < -0.39 is 6.04 Å². The molecule has 0 heterocycles. The van der Waals surface area contributed by atoms with Crippen molar-refractivity contribution in [3.8, 4) is 5.75 Å². The fraction of sp³-hybridized carbons (Fsp3) is 0.310. The summed E-state index contributed by atoms with van der Waals surface area (Å²) in [6.45, 7) is 5.56. The first-order valence-corrected chi connectivity index (χ1v) is 13.3. The first kappa shape index (κ1) is 28.8. The summed E-state index contributed by atoms with van der Waals surface area (Å²) in [6, 6.07) is 19.1. The zero-order chi connectivity index (χ0) is 26.9. The third kappa shape index (κ3) is 8.13. The third-order valence-electron chi connectivity index (χ3n) is 6.15. The normalized spacial score (nSPS) is 12.5. The van der Waals surface area contributed by atoms with Crippen LogP contribution in [0.25, 0.3) is 0 Å². The first-order chi connectivity index (χ1) is 17.7. The van der Waals surface area contributed by atoms with Crippen LogP contribution in [0.2, 0.25) is 15.1 Å². The number of halogens is 3. The van der Waals surface area contributed by atoms with Gasteiger partial charge in [-0.1, -0.05) is 78.1 Å². The highest BCUT2D eigenvalue weighted by molar-refractivity contribution is 6.36. The van der Waals surface area contributed by atoms with E-state index in [1.54, 1.807) is 36.4 Å². The van der Waals surface area contributed by atoms with E-state index in [0.717, 1.165) is 17.5 Å². The van der Waals surface area contributed by atoms with E-state index in [4.69, 9.17) is 39.5 Å². The largest absolute Gasteiger partial charge is 0.484 e.